The average molecular weight is 386 g/mol. The molecule has 0 bridgehead atoms. The second-order valence-electron chi connectivity index (χ2n) is 8.52. The number of aliphatic hydroxyl groups is 1. The molecule has 27 heavy (non-hydrogen) atoms. The van der Waals surface area contributed by atoms with Crippen molar-refractivity contribution >= 4 is 11.8 Å². The summed E-state index contributed by atoms with van der Waals surface area (Å²) in [6.07, 6.45) is 12.9. The first-order chi connectivity index (χ1) is 12.7. The molecule has 0 aromatic carbocycles. The first-order valence-electron chi connectivity index (χ1n) is 10.7. The monoisotopic (exact) mass is 385 g/mol. The van der Waals surface area contributed by atoms with Gasteiger partial charge in [-0.3, -0.25) is 4.99 Å². The Morgan fingerprint density at radius 1 is 1.11 bits per heavy atom. The number of carboxylic acid groups (broad SMARTS) is 1. The number of carbonyl (C=O) groups excluding carboxylic acids is 1. The highest BCUT2D eigenvalue weighted by Gasteiger charge is 2.19. The van der Waals surface area contributed by atoms with Crippen LogP contribution in [0.4, 0.5) is 0 Å². The van der Waals surface area contributed by atoms with Crippen LogP contribution < -0.4 is 5.11 Å². The molecule has 0 amide bonds. The molecular weight excluding hydrogens is 342 g/mol. The van der Waals surface area contributed by atoms with Crippen molar-refractivity contribution in [2.24, 2.45) is 4.99 Å². The van der Waals surface area contributed by atoms with E-state index in [1.54, 1.807) is 21.1 Å². The van der Waals surface area contributed by atoms with Crippen molar-refractivity contribution < 1.29 is 19.5 Å². The minimum absolute atomic E-state index is 0.0694. The molecule has 0 saturated carbocycles. The minimum Gasteiger partial charge on any atom is -0.544 e. The average Bonchev–Trinajstić information content (AvgIpc) is 3.00. The number of carbonyl (C=O) groups is 1. The van der Waals surface area contributed by atoms with Crippen LogP contribution in [0.25, 0.3) is 0 Å². The molecule has 1 unspecified atom stereocenters. The van der Waals surface area contributed by atoms with Crippen molar-refractivity contribution in [1.82, 2.24) is 4.90 Å². The SMILES string of the molecule is CCCCCCCCCCCC1=NCCN1C(C)O.C[N+](C)(C)CC(=O)[O-]. The summed E-state index contributed by atoms with van der Waals surface area (Å²) in [7, 11) is 5.40. The van der Waals surface area contributed by atoms with E-state index < -0.39 is 5.97 Å². The van der Waals surface area contributed by atoms with Crippen LogP contribution in [0.2, 0.25) is 0 Å². The second-order valence-corrected chi connectivity index (χ2v) is 8.52. The minimum atomic E-state index is -1.00. The fraction of sp³-hybridized carbons (Fsp3) is 0.905. The van der Waals surface area contributed by atoms with Crippen LogP contribution in [-0.2, 0) is 4.79 Å². The lowest BCUT2D eigenvalue weighted by Gasteiger charge is -2.23. The Labute approximate surface area is 166 Å². The molecule has 6 nitrogen and oxygen atoms in total. The summed E-state index contributed by atoms with van der Waals surface area (Å²) >= 11 is 0. The zero-order valence-electron chi connectivity index (χ0n) is 18.4. The van der Waals surface area contributed by atoms with E-state index in [0.29, 0.717) is 4.48 Å². The van der Waals surface area contributed by atoms with Gasteiger partial charge in [0, 0.05) is 13.0 Å². The third-order valence-electron chi connectivity index (χ3n) is 4.53. The summed E-state index contributed by atoms with van der Waals surface area (Å²) < 4.78 is 0.419. The number of hydrogen-bond acceptors (Lipinski definition) is 5. The molecule has 6 heteroatoms. The summed E-state index contributed by atoms with van der Waals surface area (Å²) in [5.74, 6) is 0.121. The summed E-state index contributed by atoms with van der Waals surface area (Å²) in [5.41, 5.74) is 0. The number of hydrogen-bond donors (Lipinski definition) is 1. The third kappa shape index (κ3) is 15.6. The van der Waals surface area contributed by atoms with Gasteiger partial charge in [-0.2, -0.15) is 0 Å². The Kier molecular flexibility index (Phi) is 14.2. The van der Waals surface area contributed by atoms with Gasteiger partial charge in [0.05, 0.1) is 33.7 Å². The van der Waals surface area contributed by atoms with Crippen LogP contribution in [0.5, 0.6) is 0 Å². The van der Waals surface area contributed by atoms with E-state index in [0.717, 1.165) is 25.3 Å². The highest BCUT2D eigenvalue weighted by atomic mass is 16.4. The van der Waals surface area contributed by atoms with Crippen LogP contribution in [-0.4, -0.2) is 73.3 Å². The predicted octanol–water partition coefficient (Wildman–Crippen LogP) is 2.40. The van der Waals surface area contributed by atoms with Crippen LogP contribution in [0.1, 0.15) is 78.1 Å². The van der Waals surface area contributed by atoms with Gasteiger partial charge >= 0.3 is 0 Å². The molecule has 1 N–H and O–H groups in total. The van der Waals surface area contributed by atoms with Gasteiger partial charge in [-0.15, -0.1) is 0 Å². The Bertz CT molecular complexity index is 417. The van der Waals surface area contributed by atoms with Gasteiger partial charge in [0.25, 0.3) is 0 Å². The summed E-state index contributed by atoms with van der Waals surface area (Å²) in [6.45, 7) is 5.92. The van der Waals surface area contributed by atoms with E-state index in [-0.39, 0.29) is 12.8 Å². The number of quaternary nitrogens is 1. The predicted molar refractivity (Wildman–Crippen MR) is 110 cm³/mol. The van der Waals surface area contributed by atoms with Gasteiger partial charge in [-0.1, -0.05) is 58.3 Å². The van der Waals surface area contributed by atoms with Crippen molar-refractivity contribution in [2.45, 2.75) is 84.3 Å². The number of aliphatic imine (C=N–C) groups is 1. The van der Waals surface area contributed by atoms with Crippen LogP contribution in [0.3, 0.4) is 0 Å². The van der Waals surface area contributed by atoms with Gasteiger partial charge in [-0.25, -0.2) is 0 Å². The standard InChI is InChI=1S/C16H32N2O.C5H11NO2/c1-3-4-5-6-7-8-9-10-11-12-16-17-13-14-18(16)15(2)19;1-6(2,3)4-5(7)8/h15,19H,3-14H2,1-2H3;4H2,1-3H3. The Balaban J connectivity index is 0.000000713. The fourth-order valence-electron chi connectivity index (χ4n) is 3.11. The maximum absolute atomic E-state index is 9.89. The van der Waals surface area contributed by atoms with E-state index in [4.69, 9.17) is 0 Å². The number of aliphatic carboxylic acids is 1. The van der Waals surface area contributed by atoms with Gasteiger partial charge in [0.15, 0.2) is 0 Å². The molecule has 0 radical (unpaired) electrons. The molecule has 1 aliphatic heterocycles. The lowest BCUT2D eigenvalue weighted by atomic mass is 10.1. The van der Waals surface area contributed by atoms with Gasteiger partial charge < -0.3 is 24.4 Å². The maximum Gasteiger partial charge on any atom is 0.125 e. The lowest BCUT2D eigenvalue weighted by molar-refractivity contribution is -0.864. The van der Waals surface area contributed by atoms with E-state index in [9.17, 15) is 15.0 Å². The zero-order valence-corrected chi connectivity index (χ0v) is 18.4. The molecule has 1 heterocycles. The highest BCUT2D eigenvalue weighted by Crippen LogP contribution is 2.14. The summed E-state index contributed by atoms with van der Waals surface area (Å²) in [4.78, 5) is 16.4. The Morgan fingerprint density at radius 2 is 1.63 bits per heavy atom. The van der Waals surface area contributed by atoms with Crippen LogP contribution in [0.15, 0.2) is 4.99 Å². The molecular formula is C21H43N3O3. The van der Waals surface area contributed by atoms with Crippen molar-refractivity contribution in [1.29, 1.82) is 0 Å². The van der Waals surface area contributed by atoms with Crippen molar-refractivity contribution in [3.05, 3.63) is 0 Å². The highest BCUT2D eigenvalue weighted by molar-refractivity contribution is 5.83. The first-order valence-corrected chi connectivity index (χ1v) is 10.7. The third-order valence-corrected chi connectivity index (χ3v) is 4.53. The van der Waals surface area contributed by atoms with E-state index in [1.165, 1.54) is 57.8 Å². The van der Waals surface area contributed by atoms with Crippen molar-refractivity contribution in [3.63, 3.8) is 0 Å². The van der Waals surface area contributed by atoms with E-state index >= 15 is 0 Å². The molecule has 0 spiro atoms. The van der Waals surface area contributed by atoms with Crippen LogP contribution in [0, 0.1) is 0 Å². The quantitative estimate of drug-likeness (QED) is 0.390. The number of aliphatic hydroxyl groups excluding tert-OH is 1. The van der Waals surface area contributed by atoms with Gasteiger partial charge in [0.1, 0.15) is 18.6 Å². The molecule has 0 aromatic rings. The fourth-order valence-corrected chi connectivity index (χ4v) is 3.11. The Hall–Kier alpha value is -1.14. The molecule has 0 fully saturated rings. The molecule has 1 aliphatic rings. The number of unbranched alkanes of at least 4 members (excludes halogenated alkanes) is 8. The molecule has 0 aliphatic carbocycles. The zero-order chi connectivity index (χ0) is 20.7. The molecule has 0 aromatic heterocycles. The van der Waals surface area contributed by atoms with Crippen molar-refractivity contribution in [2.75, 3.05) is 40.8 Å². The molecule has 1 atom stereocenters. The second kappa shape index (κ2) is 14.9. The number of carboxylic acids is 1. The maximum atomic E-state index is 9.89. The van der Waals surface area contributed by atoms with E-state index in [1.807, 2.05) is 11.8 Å². The topological polar surface area (TPSA) is 76.0 Å². The van der Waals surface area contributed by atoms with Gasteiger partial charge in [-0.05, 0) is 13.3 Å². The number of likely N-dealkylation sites (N-methyl/N-ethyl adjacent to an activating group) is 1. The largest absolute Gasteiger partial charge is 0.544 e. The smallest absolute Gasteiger partial charge is 0.125 e. The molecule has 0 saturated heterocycles. The Morgan fingerprint density at radius 3 is 2.04 bits per heavy atom. The normalized spacial score (nSPS) is 15.2. The summed E-state index contributed by atoms with van der Waals surface area (Å²) in [6, 6.07) is 0. The number of amidine groups is 1. The lowest BCUT2D eigenvalue weighted by Crippen LogP contribution is -2.45. The van der Waals surface area contributed by atoms with Crippen molar-refractivity contribution in [3.8, 4) is 0 Å². The number of nitrogens with zero attached hydrogens (tertiary/aromatic N) is 3. The van der Waals surface area contributed by atoms with Crippen LogP contribution >= 0.6 is 0 Å². The molecule has 160 valence electrons. The number of rotatable bonds is 13. The van der Waals surface area contributed by atoms with Gasteiger partial charge in [0.2, 0.25) is 0 Å². The summed E-state index contributed by atoms with van der Waals surface area (Å²) in [5, 5.41) is 19.5. The van der Waals surface area contributed by atoms with E-state index in [2.05, 4.69) is 11.9 Å². The first kappa shape index (κ1) is 25.9. The molecule has 1 rings (SSSR count).